The van der Waals surface area contributed by atoms with Gasteiger partial charge in [0.25, 0.3) is 0 Å². The number of carbonyl (C=O) groups excluding carboxylic acids is 1. The molecule has 0 N–H and O–H groups in total. The molecule has 0 amide bonds. The van der Waals surface area contributed by atoms with Crippen LogP contribution in [-0.4, -0.2) is 15.0 Å². The average Bonchev–Trinajstić information content (AvgIpc) is 1.66. The van der Waals surface area contributed by atoms with Gasteiger partial charge in [0.1, 0.15) is 11.0 Å². The molecule has 0 saturated carbocycles. The summed E-state index contributed by atoms with van der Waals surface area (Å²) in [6.45, 7) is 13.9. The summed E-state index contributed by atoms with van der Waals surface area (Å²) in [5.41, 5.74) is 13.3. The van der Waals surface area contributed by atoms with Crippen molar-refractivity contribution in [3.05, 3.63) is 90.6 Å². The van der Waals surface area contributed by atoms with Crippen molar-refractivity contribution < 1.29 is 4.79 Å². The summed E-state index contributed by atoms with van der Waals surface area (Å²) in [5.74, 6) is 0. The van der Waals surface area contributed by atoms with Gasteiger partial charge in [0.05, 0.1) is 20.4 Å². The molecule has 7 heterocycles. The monoisotopic (exact) mass is 1410 g/mol. The molecule has 3 nitrogen and oxygen atoms in total. The first-order chi connectivity index (χ1) is 44.3. The van der Waals surface area contributed by atoms with E-state index < -0.39 is 0 Å². The number of aromatic nitrogens is 2. The Balaban J connectivity index is 1.15. The van der Waals surface area contributed by atoms with Gasteiger partial charge in [-0.15, -0.1) is 68.0 Å². The van der Waals surface area contributed by atoms with E-state index in [-0.39, 0.29) is 0 Å². The second kappa shape index (κ2) is 41.4. The van der Waals surface area contributed by atoms with E-state index in [0.29, 0.717) is 0 Å². The van der Waals surface area contributed by atoms with Gasteiger partial charge in [-0.2, -0.15) is 8.75 Å². The molecule has 7 aromatic heterocycles. The van der Waals surface area contributed by atoms with Crippen molar-refractivity contribution >= 4 is 113 Å². The lowest BCUT2D eigenvalue weighted by molar-refractivity contribution is 0.112. The van der Waals surface area contributed by atoms with E-state index in [1.165, 1.54) is 328 Å². The number of rotatable bonds is 49. The van der Waals surface area contributed by atoms with Gasteiger partial charge in [-0.1, -0.05) is 246 Å². The van der Waals surface area contributed by atoms with E-state index in [1.807, 2.05) is 45.3 Å². The minimum absolute atomic E-state index is 0.932. The molecule has 90 heavy (non-hydrogen) atoms. The molecule has 0 aliphatic carbocycles. The number of carbonyl (C=O) groups is 1. The van der Waals surface area contributed by atoms with E-state index >= 15 is 0 Å². The minimum atomic E-state index is 0.932. The number of hydrogen-bond acceptors (Lipinski definition) is 10. The molecule has 8 aromatic rings. The highest BCUT2D eigenvalue weighted by Crippen LogP contribution is 2.52. The number of nitrogens with zero attached hydrogens (tertiary/aromatic N) is 2. The third kappa shape index (κ3) is 22.0. The number of benzene rings is 1. The zero-order valence-corrected chi connectivity index (χ0v) is 63.7. The lowest BCUT2D eigenvalue weighted by atomic mass is 10.0. The number of thiophene rings is 6. The normalized spacial score (nSPS) is 11.9. The molecule has 1 aromatic carbocycles. The predicted octanol–water partition coefficient (Wildman–Crippen LogP) is 30.1. The molecule has 0 bridgehead atoms. The summed E-state index contributed by atoms with van der Waals surface area (Å²) in [7, 11) is 0. The highest BCUT2D eigenvalue weighted by Gasteiger charge is 2.25. The second-order valence-corrected chi connectivity index (χ2v) is 34.3. The highest BCUT2D eigenvalue weighted by atomic mass is 79.9. The first-order valence-corrected chi connectivity index (χ1v) is 42.9. The zero-order chi connectivity index (χ0) is 63.1. The van der Waals surface area contributed by atoms with Gasteiger partial charge >= 0.3 is 0 Å². The summed E-state index contributed by atoms with van der Waals surface area (Å²) in [5, 5.41) is 0. The first kappa shape index (κ1) is 73.2. The molecular formula is C79H111BrN2OS7. The van der Waals surface area contributed by atoms with Crippen molar-refractivity contribution in [3.8, 4) is 59.9 Å². The molecule has 0 aliphatic heterocycles. The Morgan fingerprint density at radius 3 is 0.911 bits per heavy atom. The second-order valence-electron chi connectivity index (χ2n) is 26.1. The molecule has 11 heteroatoms. The smallest absolute Gasteiger partial charge is 0.160 e. The van der Waals surface area contributed by atoms with Gasteiger partial charge < -0.3 is 0 Å². The van der Waals surface area contributed by atoms with Crippen LogP contribution in [0.3, 0.4) is 0 Å². The quantitative estimate of drug-likeness (QED) is 0.0282. The lowest BCUT2D eigenvalue weighted by Crippen LogP contribution is -1.88. The van der Waals surface area contributed by atoms with Crippen LogP contribution in [-0.2, 0) is 38.5 Å². The van der Waals surface area contributed by atoms with Crippen molar-refractivity contribution in [1.29, 1.82) is 0 Å². The van der Waals surface area contributed by atoms with Crippen LogP contribution in [0.1, 0.15) is 316 Å². The number of fused-ring (bicyclic) bond motifs is 1. The number of aryl methyl sites for hydroxylation is 6. The van der Waals surface area contributed by atoms with Gasteiger partial charge in [0.15, 0.2) is 6.29 Å². The number of halogens is 1. The van der Waals surface area contributed by atoms with Crippen LogP contribution in [0.15, 0.2) is 52.3 Å². The fourth-order valence-electron chi connectivity index (χ4n) is 13.2. The van der Waals surface area contributed by atoms with Gasteiger partial charge in [-0.05, 0) is 163 Å². The minimum Gasteiger partial charge on any atom is -0.297 e. The van der Waals surface area contributed by atoms with Gasteiger partial charge in [0.2, 0.25) is 0 Å². The van der Waals surface area contributed by atoms with Gasteiger partial charge in [-0.3, -0.25) is 4.79 Å². The largest absolute Gasteiger partial charge is 0.297 e. The van der Waals surface area contributed by atoms with Crippen LogP contribution in [0.4, 0.5) is 0 Å². The third-order valence-electron chi connectivity index (χ3n) is 18.6. The molecule has 0 unspecified atom stereocenters. The van der Waals surface area contributed by atoms with Crippen molar-refractivity contribution in [2.24, 2.45) is 0 Å². The van der Waals surface area contributed by atoms with E-state index in [1.54, 1.807) is 16.9 Å². The molecule has 0 atom stereocenters. The summed E-state index contributed by atoms with van der Waals surface area (Å²) in [6.07, 6.45) is 54.4. The molecule has 492 valence electrons. The first-order valence-electron chi connectivity index (χ1n) is 36.5. The Kier molecular flexibility index (Phi) is 33.7. The van der Waals surface area contributed by atoms with Crippen molar-refractivity contribution in [2.45, 2.75) is 311 Å². The van der Waals surface area contributed by atoms with Crippen LogP contribution in [0.5, 0.6) is 0 Å². The molecule has 0 aliphatic rings. The predicted molar refractivity (Wildman–Crippen MR) is 413 cm³/mol. The fourth-order valence-corrected chi connectivity index (χ4v) is 22.0. The molecule has 0 fully saturated rings. The summed E-state index contributed by atoms with van der Waals surface area (Å²) < 4.78 is 11.7. The Hall–Kier alpha value is -2.61. The molecule has 8 rings (SSSR count). The van der Waals surface area contributed by atoms with E-state index in [4.69, 9.17) is 8.75 Å². The highest BCUT2D eigenvalue weighted by molar-refractivity contribution is 9.11. The molecule has 0 saturated heterocycles. The zero-order valence-electron chi connectivity index (χ0n) is 56.4. The Bertz CT molecular complexity index is 3300. The SMILES string of the molecule is CCCCCCCCc1cc(-c2sc(-c3sc(-c4ccc(-c5cc(CCCCCCCC)c(-c6cc(CCCCCCCC)c(-c7cc(CCCCCCCC)c(C=O)s7)s6)s5)c5nsnc45)cc3CCCCCCCC)cc2CCCCCCCC)sc1Br. The van der Waals surface area contributed by atoms with E-state index in [0.717, 1.165) is 67.1 Å². The maximum atomic E-state index is 12.7. The van der Waals surface area contributed by atoms with Crippen molar-refractivity contribution in [1.82, 2.24) is 8.75 Å². The summed E-state index contributed by atoms with van der Waals surface area (Å²) >= 11 is 17.2. The van der Waals surface area contributed by atoms with Gasteiger partial charge in [-0.25, -0.2) is 0 Å². The van der Waals surface area contributed by atoms with Crippen LogP contribution >= 0.6 is 95.7 Å². The Morgan fingerprint density at radius 2 is 0.567 bits per heavy atom. The fraction of sp³-hybridized carbons (Fsp3) is 0.608. The number of aldehydes is 1. The average molecular weight is 1410 g/mol. The molecular weight excluding hydrogens is 1300 g/mol. The summed E-state index contributed by atoms with van der Waals surface area (Å²) in [6, 6.07) is 20.1. The summed E-state index contributed by atoms with van der Waals surface area (Å²) in [4.78, 5) is 27.6. The Labute approximate surface area is 583 Å². The van der Waals surface area contributed by atoms with Crippen LogP contribution in [0, 0.1) is 0 Å². The third-order valence-corrected chi connectivity index (χ3v) is 27.7. The standard InChI is InChI=1S/C79H111BrN2OS7/c1-7-13-19-25-31-37-43-58-51-68(84-72(58)57-83)75-61(46-40-34-28-22-16-10-4)54-69(87-75)76-59(44-38-32-26-20-14-8-2)52-66(85-76)64-49-50-65(74-73(64)81-90-82-74)67-53-60(45-39-33-27-21-15-9-3)77(86-67)70-55-62(47-41-35-29-23-17-11-5)78(88-70)71-56-63(79(80)89-71)48-42-36-30-24-18-12-6/h49-57H,7-48H2,1-6H3. The van der Waals surface area contributed by atoms with Crippen LogP contribution < -0.4 is 0 Å². The number of unbranched alkanes of at least 4 members (excludes halogenated alkanes) is 30. The van der Waals surface area contributed by atoms with E-state index in [9.17, 15) is 4.79 Å². The van der Waals surface area contributed by atoms with Crippen molar-refractivity contribution in [2.75, 3.05) is 0 Å². The van der Waals surface area contributed by atoms with Crippen LogP contribution in [0.25, 0.3) is 70.9 Å². The van der Waals surface area contributed by atoms with Crippen LogP contribution in [0.2, 0.25) is 0 Å². The number of hydrogen-bond donors (Lipinski definition) is 0. The van der Waals surface area contributed by atoms with Gasteiger partial charge in [0, 0.05) is 59.9 Å². The maximum Gasteiger partial charge on any atom is 0.160 e. The molecule has 0 spiro atoms. The lowest BCUT2D eigenvalue weighted by Gasteiger charge is -2.04. The van der Waals surface area contributed by atoms with Crippen molar-refractivity contribution in [3.63, 3.8) is 0 Å². The Morgan fingerprint density at radius 1 is 0.311 bits per heavy atom. The molecule has 0 radical (unpaired) electrons. The maximum absolute atomic E-state index is 12.7. The topological polar surface area (TPSA) is 42.9 Å². The van der Waals surface area contributed by atoms with E-state index in [2.05, 4.69) is 117 Å².